The van der Waals surface area contributed by atoms with Crippen molar-refractivity contribution < 1.29 is 4.68 Å². The Labute approximate surface area is 169 Å². The number of fused-ring (bicyclic) bond motifs is 3. The smallest absolute Gasteiger partial charge is 0.246 e. The molecule has 2 heterocycles. The first-order valence-electron chi connectivity index (χ1n) is 10.5. The second-order valence-electron chi connectivity index (χ2n) is 9.08. The average Bonchev–Trinajstić information content (AvgIpc) is 3.03. The van der Waals surface area contributed by atoms with Gasteiger partial charge in [0.1, 0.15) is 6.21 Å². The summed E-state index contributed by atoms with van der Waals surface area (Å²) >= 11 is 0. The second kappa shape index (κ2) is 7.29. The molecule has 0 bridgehead atoms. The Bertz CT molecular complexity index is 922. The van der Waals surface area contributed by atoms with Gasteiger partial charge in [-0.1, -0.05) is 62.7 Å². The molecule has 0 saturated heterocycles. The van der Waals surface area contributed by atoms with Gasteiger partial charge in [-0.25, -0.2) is 0 Å². The van der Waals surface area contributed by atoms with Gasteiger partial charge in [-0.3, -0.25) is 4.90 Å². The molecule has 0 aliphatic carbocycles. The molecule has 0 spiro atoms. The minimum Gasteiger partial charge on any atom is -0.289 e. The van der Waals surface area contributed by atoms with Crippen molar-refractivity contribution in [2.75, 3.05) is 6.54 Å². The summed E-state index contributed by atoms with van der Waals surface area (Å²) in [6.07, 6.45) is 3.05. The van der Waals surface area contributed by atoms with Crippen LogP contribution in [0.3, 0.4) is 0 Å². The topological polar surface area (TPSA) is 18.6 Å². The number of rotatable bonds is 4. The fourth-order valence-corrected chi connectivity index (χ4v) is 4.70. The van der Waals surface area contributed by atoms with Crippen LogP contribution in [0.1, 0.15) is 74.4 Å². The molecule has 2 aromatic carbocycles. The summed E-state index contributed by atoms with van der Waals surface area (Å²) in [5, 5.41) is 4.42. The number of hydrazone groups is 1. The van der Waals surface area contributed by atoms with Crippen LogP contribution in [0.4, 0.5) is 5.69 Å². The fraction of sp³-hybridized carbons (Fsp3) is 0.440. The molecule has 0 aromatic heterocycles. The normalized spacial score (nSPS) is 21.5. The lowest BCUT2D eigenvalue weighted by Crippen LogP contribution is -2.44. The standard InChI is InChI=1S/C25H32N3/c1-16(2)15-28-18(5)13-22-21(11-12-24-23(22)14-26-27(24)6)25(28)20-9-7-19(8-10-20)17(3)4/h7-12,14,16-18,25H,6,13,15H2,1-5H3/q+1/t18-,25-/m1/s1. The van der Waals surface area contributed by atoms with Crippen LogP contribution in [0.15, 0.2) is 41.5 Å². The van der Waals surface area contributed by atoms with Crippen molar-refractivity contribution in [3.8, 4) is 0 Å². The molecule has 146 valence electrons. The monoisotopic (exact) mass is 374 g/mol. The van der Waals surface area contributed by atoms with Crippen molar-refractivity contribution in [3.05, 3.63) is 64.2 Å². The molecule has 2 aromatic rings. The van der Waals surface area contributed by atoms with E-state index < -0.39 is 0 Å². The van der Waals surface area contributed by atoms with Crippen molar-refractivity contribution in [2.24, 2.45) is 11.0 Å². The predicted molar refractivity (Wildman–Crippen MR) is 118 cm³/mol. The highest BCUT2D eigenvalue weighted by Crippen LogP contribution is 2.42. The van der Waals surface area contributed by atoms with Gasteiger partial charge in [-0.05, 0) is 52.5 Å². The molecular weight excluding hydrogens is 342 g/mol. The first-order valence-corrected chi connectivity index (χ1v) is 10.5. The molecule has 0 saturated carbocycles. The van der Waals surface area contributed by atoms with Crippen molar-refractivity contribution >= 4 is 18.6 Å². The van der Waals surface area contributed by atoms with Gasteiger partial charge >= 0.3 is 0 Å². The summed E-state index contributed by atoms with van der Waals surface area (Å²) < 4.78 is 1.74. The van der Waals surface area contributed by atoms with Gasteiger partial charge in [0, 0.05) is 18.7 Å². The zero-order chi connectivity index (χ0) is 20.0. The van der Waals surface area contributed by atoms with Crippen molar-refractivity contribution in [2.45, 2.75) is 59.0 Å². The molecule has 4 rings (SSSR count). The minimum atomic E-state index is 0.292. The lowest BCUT2D eigenvalue weighted by molar-refractivity contribution is -0.430. The number of nitrogens with zero attached hydrogens (tertiary/aromatic N) is 3. The Balaban J connectivity index is 1.85. The van der Waals surface area contributed by atoms with Crippen molar-refractivity contribution in [1.29, 1.82) is 0 Å². The molecule has 2 aliphatic heterocycles. The van der Waals surface area contributed by atoms with Gasteiger partial charge in [0.15, 0.2) is 6.72 Å². The molecule has 3 heteroatoms. The van der Waals surface area contributed by atoms with Gasteiger partial charge < -0.3 is 0 Å². The Morgan fingerprint density at radius 2 is 1.82 bits per heavy atom. The summed E-state index contributed by atoms with van der Waals surface area (Å²) in [7, 11) is 0. The molecule has 0 unspecified atom stereocenters. The molecule has 28 heavy (non-hydrogen) atoms. The zero-order valence-electron chi connectivity index (χ0n) is 17.8. The van der Waals surface area contributed by atoms with E-state index in [4.69, 9.17) is 0 Å². The summed E-state index contributed by atoms with van der Waals surface area (Å²) in [6.45, 7) is 16.6. The van der Waals surface area contributed by atoms with Crippen molar-refractivity contribution in [1.82, 2.24) is 4.90 Å². The van der Waals surface area contributed by atoms with Gasteiger partial charge in [0.2, 0.25) is 5.69 Å². The van der Waals surface area contributed by atoms with Crippen LogP contribution in [-0.4, -0.2) is 35.1 Å². The maximum absolute atomic E-state index is 4.42. The van der Waals surface area contributed by atoms with Gasteiger partial charge in [-0.2, -0.15) is 0 Å². The lowest BCUT2D eigenvalue weighted by atomic mass is 9.81. The van der Waals surface area contributed by atoms with Gasteiger partial charge in [0.25, 0.3) is 0 Å². The van der Waals surface area contributed by atoms with E-state index in [0.717, 1.165) is 18.7 Å². The van der Waals surface area contributed by atoms with E-state index in [9.17, 15) is 0 Å². The number of hydrogen-bond acceptors (Lipinski definition) is 2. The Hall–Kier alpha value is -2.26. The van der Waals surface area contributed by atoms with E-state index in [1.807, 2.05) is 6.21 Å². The largest absolute Gasteiger partial charge is 0.289 e. The third-order valence-corrected chi connectivity index (χ3v) is 6.16. The first kappa shape index (κ1) is 19.1. The summed E-state index contributed by atoms with van der Waals surface area (Å²) in [5.74, 6) is 1.19. The highest BCUT2D eigenvalue weighted by molar-refractivity contribution is 5.90. The molecular formula is C25H32N3+. The highest BCUT2D eigenvalue weighted by atomic mass is 15.4. The molecule has 0 fully saturated rings. The number of benzene rings is 2. The van der Waals surface area contributed by atoms with E-state index >= 15 is 0 Å². The Morgan fingerprint density at radius 1 is 1.11 bits per heavy atom. The van der Waals surface area contributed by atoms with Crippen LogP contribution in [0, 0.1) is 5.92 Å². The number of hydrogen-bond donors (Lipinski definition) is 0. The van der Waals surface area contributed by atoms with E-state index in [2.05, 4.69) is 87.7 Å². The predicted octanol–water partition coefficient (Wildman–Crippen LogP) is 5.49. The van der Waals surface area contributed by atoms with Crippen LogP contribution in [0.5, 0.6) is 0 Å². The fourth-order valence-electron chi connectivity index (χ4n) is 4.70. The molecule has 3 nitrogen and oxygen atoms in total. The SMILES string of the molecule is C=[N+]1N=Cc2c1ccc1c2C[C@@H](C)N(CC(C)C)[C@@H]1c1ccc(C(C)C)cc1. The summed E-state index contributed by atoms with van der Waals surface area (Å²) in [4.78, 5) is 2.69. The molecule has 0 radical (unpaired) electrons. The third kappa shape index (κ3) is 3.22. The van der Waals surface area contributed by atoms with Crippen LogP contribution < -0.4 is 0 Å². The van der Waals surface area contributed by atoms with E-state index in [1.165, 1.54) is 27.8 Å². The Morgan fingerprint density at radius 3 is 2.46 bits per heavy atom. The maximum Gasteiger partial charge on any atom is 0.246 e. The Kier molecular flexibility index (Phi) is 4.96. The van der Waals surface area contributed by atoms with Gasteiger partial charge in [-0.15, -0.1) is 0 Å². The molecule has 0 amide bonds. The summed E-state index contributed by atoms with van der Waals surface area (Å²) in [5.41, 5.74) is 8.04. The molecule has 2 atom stereocenters. The van der Waals surface area contributed by atoms with Crippen LogP contribution in [0.2, 0.25) is 0 Å². The average molecular weight is 375 g/mol. The zero-order valence-corrected chi connectivity index (χ0v) is 17.8. The molecule has 2 aliphatic rings. The van der Waals surface area contributed by atoms with Gasteiger partial charge in [0.05, 0.1) is 11.6 Å². The van der Waals surface area contributed by atoms with Crippen LogP contribution >= 0.6 is 0 Å². The summed E-state index contributed by atoms with van der Waals surface area (Å²) in [6, 6.07) is 14.6. The van der Waals surface area contributed by atoms with E-state index in [0.29, 0.717) is 23.9 Å². The quantitative estimate of drug-likeness (QED) is 0.647. The maximum atomic E-state index is 4.42. The van der Waals surface area contributed by atoms with Crippen molar-refractivity contribution in [3.63, 3.8) is 0 Å². The third-order valence-electron chi connectivity index (χ3n) is 6.16. The van der Waals surface area contributed by atoms with E-state index in [1.54, 1.807) is 4.68 Å². The van der Waals surface area contributed by atoms with E-state index in [-0.39, 0.29) is 0 Å². The highest BCUT2D eigenvalue weighted by Gasteiger charge is 2.37. The minimum absolute atomic E-state index is 0.292. The lowest BCUT2D eigenvalue weighted by Gasteiger charge is -2.43. The van der Waals surface area contributed by atoms with Crippen LogP contribution in [0.25, 0.3) is 0 Å². The molecule has 0 N–H and O–H groups in total. The van der Waals surface area contributed by atoms with Crippen LogP contribution in [-0.2, 0) is 6.42 Å². The first-order chi connectivity index (χ1) is 13.4. The second-order valence-corrected chi connectivity index (χ2v) is 9.08.